The Labute approximate surface area is 116 Å². The SMILES string of the molecule is CCS(=O)(=O)CCCC(N)Cc1c(C)nn(C)c1C. The molecule has 0 fully saturated rings. The number of aryl methyl sites for hydroxylation is 2. The van der Waals surface area contributed by atoms with E-state index in [9.17, 15) is 8.42 Å². The Morgan fingerprint density at radius 3 is 2.47 bits per heavy atom. The Morgan fingerprint density at radius 1 is 1.37 bits per heavy atom. The molecule has 110 valence electrons. The molecule has 0 aliphatic heterocycles. The molecule has 2 N–H and O–H groups in total. The molecule has 0 aromatic carbocycles. The zero-order valence-electron chi connectivity index (χ0n) is 12.3. The van der Waals surface area contributed by atoms with Crippen LogP contribution in [0, 0.1) is 13.8 Å². The summed E-state index contributed by atoms with van der Waals surface area (Å²) in [7, 11) is -0.950. The van der Waals surface area contributed by atoms with Crippen LogP contribution in [-0.2, 0) is 23.3 Å². The third-order valence-electron chi connectivity index (χ3n) is 3.60. The molecule has 5 nitrogen and oxygen atoms in total. The van der Waals surface area contributed by atoms with E-state index in [-0.39, 0.29) is 17.5 Å². The maximum atomic E-state index is 11.4. The van der Waals surface area contributed by atoms with Crippen molar-refractivity contribution in [2.45, 2.75) is 46.1 Å². The first-order valence-corrected chi connectivity index (χ1v) is 8.54. The second-order valence-corrected chi connectivity index (χ2v) is 7.59. The van der Waals surface area contributed by atoms with Gasteiger partial charge in [-0.2, -0.15) is 5.10 Å². The van der Waals surface area contributed by atoms with Crippen LogP contribution in [-0.4, -0.2) is 35.7 Å². The molecule has 0 aliphatic rings. The highest BCUT2D eigenvalue weighted by molar-refractivity contribution is 7.91. The summed E-state index contributed by atoms with van der Waals surface area (Å²) in [5.41, 5.74) is 9.42. The van der Waals surface area contributed by atoms with Crippen LogP contribution in [0.4, 0.5) is 0 Å². The van der Waals surface area contributed by atoms with Gasteiger partial charge in [0.05, 0.1) is 11.4 Å². The molecule has 0 saturated carbocycles. The minimum atomic E-state index is -2.87. The Hall–Kier alpha value is -0.880. The predicted molar refractivity (Wildman–Crippen MR) is 77.9 cm³/mol. The largest absolute Gasteiger partial charge is 0.327 e. The lowest BCUT2D eigenvalue weighted by molar-refractivity contribution is 0.573. The Kier molecular flexibility index (Phi) is 5.55. The van der Waals surface area contributed by atoms with Crippen LogP contribution in [0.3, 0.4) is 0 Å². The number of hydrogen-bond donors (Lipinski definition) is 1. The van der Waals surface area contributed by atoms with Crippen molar-refractivity contribution in [3.63, 3.8) is 0 Å². The van der Waals surface area contributed by atoms with Gasteiger partial charge in [0.15, 0.2) is 0 Å². The van der Waals surface area contributed by atoms with Crippen LogP contribution in [0.15, 0.2) is 0 Å². The second-order valence-electron chi connectivity index (χ2n) is 5.12. The van der Waals surface area contributed by atoms with E-state index in [1.165, 1.54) is 5.56 Å². The summed E-state index contributed by atoms with van der Waals surface area (Å²) in [4.78, 5) is 0. The smallest absolute Gasteiger partial charge is 0.150 e. The van der Waals surface area contributed by atoms with E-state index < -0.39 is 9.84 Å². The van der Waals surface area contributed by atoms with E-state index >= 15 is 0 Å². The maximum absolute atomic E-state index is 11.4. The second kappa shape index (κ2) is 6.52. The minimum absolute atomic E-state index is 0.00587. The van der Waals surface area contributed by atoms with Gasteiger partial charge >= 0.3 is 0 Å². The van der Waals surface area contributed by atoms with Gasteiger partial charge in [-0.25, -0.2) is 8.42 Å². The van der Waals surface area contributed by atoms with E-state index in [4.69, 9.17) is 5.73 Å². The standard InChI is InChI=1S/C13H25N3O2S/c1-5-19(17,18)8-6-7-12(14)9-13-10(2)15-16(4)11(13)3/h12H,5-9,14H2,1-4H3. The van der Waals surface area contributed by atoms with Gasteiger partial charge in [-0.05, 0) is 38.7 Å². The summed E-state index contributed by atoms with van der Waals surface area (Å²) in [5.74, 6) is 0.450. The number of rotatable bonds is 7. The van der Waals surface area contributed by atoms with Crippen LogP contribution in [0.2, 0.25) is 0 Å². The molecule has 0 radical (unpaired) electrons. The molecule has 1 rings (SSSR count). The third-order valence-corrected chi connectivity index (χ3v) is 5.39. The molecule has 0 saturated heterocycles. The van der Waals surface area contributed by atoms with Gasteiger partial charge in [-0.3, -0.25) is 4.68 Å². The van der Waals surface area contributed by atoms with Crippen molar-refractivity contribution in [2.75, 3.05) is 11.5 Å². The molecule has 0 amide bonds. The van der Waals surface area contributed by atoms with Crippen molar-refractivity contribution in [1.29, 1.82) is 0 Å². The molecular weight excluding hydrogens is 262 g/mol. The van der Waals surface area contributed by atoms with E-state index in [2.05, 4.69) is 5.10 Å². The average Bonchev–Trinajstić information content (AvgIpc) is 2.56. The zero-order chi connectivity index (χ0) is 14.6. The summed E-state index contributed by atoms with van der Waals surface area (Å²) in [6.45, 7) is 5.69. The van der Waals surface area contributed by atoms with Gasteiger partial charge in [0.25, 0.3) is 0 Å². The Balaban J connectivity index is 2.50. The minimum Gasteiger partial charge on any atom is -0.327 e. The van der Waals surface area contributed by atoms with Gasteiger partial charge in [0.2, 0.25) is 0 Å². The normalized spacial score (nSPS) is 13.7. The first-order chi connectivity index (χ1) is 8.76. The first kappa shape index (κ1) is 16.2. The molecule has 1 aromatic heterocycles. The fraction of sp³-hybridized carbons (Fsp3) is 0.769. The lowest BCUT2D eigenvalue weighted by Gasteiger charge is -2.12. The molecule has 0 bridgehead atoms. The number of hydrogen-bond acceptors (Lipinski definition) is 4. The molecule has 1 aromatic rings. The average molecular weight is 287 g/mol. The number of nitrogens with zero attached hydrogens (tertiary/aromatic N) is 2. The van der Waals surface area contributed by atoms with Crippen molar-refractivity contribution in [3.8, 4) is 0 Å². The highest BCUT2D eigenvalue weighted by Gasteiger charge is 2.14. The third kappa shape index (κ3) is 4.62. The van der Waals surface area contributed by atoms with Gasteiger partial charge in [0.1, 0.15) is 9.84 Å². The Bertz CT molecular complexity index is 520. The zero-order valence-corrected chi connectivity index (χ0v) is 13.1. The van der Waals surface area contributed by atoms with Crippen molar-refractivity contribution < 1.29 is 8.42 Å². The lowest BCUT2D eigenvalue weighted by Crippen LogP contribution is -2.24. The molecule has 19 heavy (non-hydrogen) atoms. The van der Waals surface area contributed by atoms with E-state index in [0.29, 0.717) is 6.42 Å². The molecule has 1 unspecified atom stereocenters. The molecule has 1 atom stereocenters. The van der Waals surface area contributed by atoms with Crippen LogP contribution in [0.25, 0.3) is 0 Å². The summed E-state index contributed by atoms with van der Waals surface area (Å²) in [6.07, 6.45) is 2.13. The van der Waals surface area contributed by atoms with E-state index in [1.54, 1.807) is 6.92 Å². The summed E-state index contributed by atoms with van der Waals surface area (Å²) in [6, 6.07) is -0.00587. The van der Waals surface area contributed by atoms with E-state index in [1.807, 2.05) is 25.6 Å². The van der Waals surface area contributed by atoms with Crippen LogP contribution < -0.4 is 5.73 Å². The Morgan fingerprint density at radius 2 is 2.00 bits per heavy atom. The molecule has 0 aliphatic carbocycles. The predicted octanol–water partition coefficient (Wildman–Crippen LogP) is 1.12. The van der Waals surface area contributed by atoms with Crippen molar-refractivity contribution in [2.24, 2.45) is 12.8 Å². The number of aromatic nitrogens is 2. The maximum Gasteiger partial charge on any atom is 0.150 e. The van der Waals surface area contributed by atoms with Crippen molar-refractivity contribution in [3.05, 3.63) is 17.0 Å². The molecule has 1 heterocycles. The topological polar surface area (TPSA) is 78.0 Å². The number of nitrogens with two attached hydrogens (primary N) is 1. The van der Waals surface area contributed by atoms with Gasteiger partial charge in [-0.1, -0.05) is 6.92 Å². The van der Waals surface area contributed by atoms with Crippen LogP contribution in [0.5, 0.6) is 0 Å². The van der Waals surface area contributed by atoms with Gasteiger partial charge < -0.3 is 5.73 Å². The van der Waals surface area contributed by atoms with E-state index in [0.717, 1.165) is 24.2 Å². The number of sulfone groups is 1. The fourth-order valence-corrected chi connectivity index (χ4v) is 3.08. The highest BCUT2D eigenvalue weighted by atomic mass is 32.2. The monoisotopic (exact) mass is 287 g/mol. The van der Waals surface area contributed by atoms with Gasteiger partial charge in [-0.15, -0.1) is 0 Å². The quantitative estimate of drug-likeness (QED) is 0.815. The van der Waals surface area contributed by atoms with Crippen molar-refractivity contribution >= 4 is 9.84 Å². The van der Waals surface area contributed by atoms with Gasteiger partial charge in [0, 0.05) is 24.5 Å². The molecule has 0 spiro atoms. The van der Waals surface area contributed by atoms with Crippen molar-refractivity contribution in [1.82, 2.24) is 9.78 Å². The van der Waals surface area contributed by atoms with Crippen LogP contribution in [0.1, 0.15) is 36.7 Å². The molecule has 6 heteroatoms. The summed E-state index contributed by atoms with van der Waals surface area (Å²) < 4.78 is 24.7. The highest BCUT2D eigenvalue weighted by Crippen LogP contribution is 2.15. The summed E-state index contributed by atoms with van der Waals surface area (Å²) in [5, 5.41) is 4.36. The fourth-order valence-electron chi connectivity index (χ4n) is 2.19. The first-order valence-electron chi connectivity index (χ1n) is 6.72. The van der Waals surface area contributed by atoms with Crippen LogP contribution >= 0.6 is 0 Å². The lowest BCUT2D eigenvalue weighted by atomic mass is 10.0. The molecular formula is C13H25N3O2S. The summed E-state index contributed by atoms with van der Waals surface area (Å²) >= 11 is 0.